The van der Waals surface area contributed by atoms with Gasteiger partial charge in [-0.3, -0.25) is 4.90 Å². The third kappa shape index (κ3) is 4.37. The number of fused-ring (bicyclic) bond motifs is 1. The van der Waals surface area contributed by atoms with Crippen LogP contribution < -0.4 is 5.63 Å². The lowest BCUT2D eigenvalue weighted by molar-refractivity contribution is 0.257. The first-order valence-electron chi connectivity index (χ1n) is 8.86. The summed E-state index contributed by atoms with van der Waals surface area (Å²) in [7, 11) is 0. The molecule has 25 heavy (non-hydrogen) atoms. The van der Waals surface area contributed by atoms with E-state index in [2.05, 4.69) is 56.0 Å². The molecule has 0 radical (unpaired) electrons. The highest BCUT2D eigenvalue weighted by Crippen LogP contribution is 2.21. The van der Waals surface area contributed by atoms with E-state index < -0.39 is 0 Å². The third-order valence-corrected chi connectivity index (χ3v) is 4.44. The van der Waals surface area contributed by atoms with Gasteiger partial charge in [0.1, 0.15) is 5.58 Å². The fourth-order valence-electron chi connectivity index (χ4n) is 3.20. The van der Waals surface area contributed by atoms with Crippen molar-refractivity contribution in [1.82, 2.24) is 4.90 Å². The van der Waals surface area contributed by atoms with Crippen LogP contribution in [0.15, 0.2) is 57.7 Å². The monoisotopic (exact) mass is 335 g/mol. The van der Waals surface area contributed by atoms with E-state index in [0.717, 1.165) is 37.0 Å². The van der Waals surface area contributed by atoms with Crippen molar-refractivity contribution >= 4 is 11.0 Å². The molecule has 3 nitrogen and oxygen atoms in total. The van der Waals surface area contributed by atoms with Crippen molar-refractivity contribution in [3.8, 4) is 0 Å². The predicted octanol–water partition coefficient (Wildman–Crippen LogP) is 4.82. The van der Waals surface area contributed by atoms with Crippen LogP contribution in [0.5, 0.6) is 0 Å². The Morgan fingerprint density at radius 1 is 0.920 bits per heavy atom. The van der Waals surface area contributed by atoms with Gasteiger partial charge in [0.2, 0.25) is 0 Å². The van der Waals surface area contributed by atoms with Crippen molar-refractivity contribution in [3.05, 3.63) is 81.2 Å². The maximum atomic E-state index is 11.9. The highest BCUT2D eigenvalue weighted by atomic mass is 16.4. The molecule has 0 N–H and O–H groups in total. The second kappa shape index (κ2) is 7.66. The Morgan fingerprint density at radius 2 is 1.64 bits per heavy atom. The molecule has 3 aromatic rings. The van der Waals surface area contributed by atoms with Crippen LogP contribution in [0.25, 0.3) is 11.0 Å². The smallest absolute Gasteiger partial charge is 0.336 e. The summed E-state index contributed by atoms with van der Waals surface area (Å²) < 4.78 is 5.36. The van der Waals surface area contributed by atoms with Gasteiger partial charge in [-0.25, -0.2) is 4.79 Å². The number of hydrogen-bond acceptors (Lipinski definition) is 3. The molecule has 3 heteroatoms. The SMILES string of the molecule is CCCN(Cc1ccc(C)cc1)Cc1cc(=O)oc2ccc(C)cc12. The van der Waals surface area contributed by atoms with Gasteiger partial charge in [0.05, 0.1) is 0 Å². The minimum absolute atomic E-state index is 0.280. The van der Waals surface area contributed by atoms with Gasteiger partial charge in [0.25, 0.3) is 0 Å². The molecule has 0 spiro atoms. The van der Waals surface area contributed by atoms with Crippen LogP contribution in [0.1, 0.15) is 35.6 Å². The Bertz CT molecular complexity index is 909. The van der Waals surface area contributed by atoms with Gasteiger partial charge >= 0.3 is 5.63 Å². The largest absolute Gasteiger partial charge is 0.423 e. The van der Waals surface area contributed by atoms with E-state index in [1.807, 2.05) is 12.1 Å². The first-order valence-corrected chi connectivity index (χ1v) is 8.86. The molecule has 3 rings (SSSR count). The fourth-order valence-corrected chi connectivity index (χ4v) is 3.20. The Kier molecular flexibility index (Phi) is 5.34. The number of rotatable bonds is 6. The lowest BCUT2D eigenvalue weighted by Crippen LogP contribution is -2.24. The van der Waals surface area contributed by atoms with Crippen LogP contribution in [0.4, 0.5) is 0 Å². The second-order valence-corrected chi connectivity index (χ2v) is 6.79. The maximum Gasteiger partial charge on any atom is 0.336 e. The molecule has 0 aliphatic carbocycles. The van der Waals surface area contributed by atoms with Crippen LogP contribution in [0, 0.1) is 13.8 Å². The number of benzene rings is 2. The van der Waals surface area contributed by atoms with E-state index in [4.69, 9.17) is 4.42 Å². The Hall–Kier alpha value is -2.39. The van der Waals surface area contributed by atoms with Crippen molar-refractivity contribution in [1.29, 1.82) is 0 Å². The second-order valence-electron chi connectivity index (χ2n) is 6.79. The Balaban J connectivity index is 1.91. The molecule has 0 aliphatic rings. The van der Waals surface area contributed by atoms with Gasteiger partial charge in [-0.05, 0) is 50.1 Å². The molecule has 0 bridgehead atoms. The summed E-state index contributed by atoms with van der Waals surface area (Å²) in [4.78, 5) is 14.3. The maximum absolute atomic E-state index is 11.9. The van der Waals surface area contributed by atoms with Crippen LogP contribution in [-0.2, 0) is 13.1 Å². The molecular formula is C22H25NO2. The third-order valence-electron chi connectivity index (χ3n) is 4.44. The molecular weight excluding hydrogens is 310 g/mol. The standard InChI is InChI=1S/C22H25NO2/c1-4-11-23(14-18-8-5-16(2)6-9-18)15-19-13-22(24)25-21-10-7-17(3)12-20(19)21/h5-10,12-13H,4,11,14-15H2,1-3H3. The van der Waals surface area contributed by atoms with Crippen LogP contribution in [0.2, 0.25) is 0 Å². The van der Waals surface area contributed by atoms with E-state index in [1.165, 1.54) is 16.7 Å². The number of aryl methyl sites for hydroxylation is 2. The molecule has 0 unspecified atom stereocenters. The first-order chi connectivity index (χ1) is 12.0. The normalized spacial score (nSPS) is 11.4. The highest BCUT2D eigenvalue weighted by molar-refractivity contribution is 5.80. The Morgan fingerprint density at radius 3 is 2.36 bits per heavy atom. The minimum atomic E-state index is -0.280. The average molecular weight is 335 g/mol. The van der Waals surface area contributed by atoms with E-state index in [-0.39, 0.29) is 5.63 Å². The summed E-state index contributed by atoms with van der Waals surface area (Å²) in [5.74, 6) is 0. The van der Waals surface area contributed by atoms with Gasteiger partial charge in [0.15, 0.2) is 0 Å². The van der Waals surface area contributed by atoms with Crippen LogP contribution >= 0.6 is 0 Å². The van der Waals surface area contributed by atoms with E-state index in [0.29, 0.717) is 5.58 Å². The van der Waals surface area contributed by atoms with Crippen molar-refractivity contribution in [2.24, 2.45) is 0 Å². The quantitative estimate of drug-likeness (QED) is 0.605. The van der Waals surface area contributed by atoms with Crippen molar-refractivity contribution in [2.45, 2.75) is 40.3 Å². The lowest BCUT2D eigenvalue weighted by atomic mass is 10.1. The molecule has 1 heterocycles. The summed E-state index contributed by atoms with van der Waals surface area (Å²) in [6.07, 6.45) is 1.07. The summed E-state index contributed by atoms with van der Waals surface area (Å²) >= 11 is 0. The zero-order chi connectivity index (χ0) is 17.8. The van der Waals surface area contributed by atoms with Gasteiger partial charge < -0.3 is 4.42 Å². The molecule has 0 fully saturated rings. The topological polar surface area (TPSA) is 33.5 Å². The number of nitrogens with zero attached hydrogens (tertiary/aromatic N) is 1. The fraction of sp³-hybridized carbons (Fsp3) is 0.318. The van der Waals surface area contributed by atoms with Gasteiger partial charge in [-0.2, -0.15) is 0 Å². The molecule has 0 saturated carbocycles. The summed E-state index contributed by atoms with van der Waals surface area (Å²) in [5, 5.41) is 1.03. The summed E-state index contributed by atoms with van der Waals surface area (Å²) in [6.45, 7) is 8.95. The van der Waals surface area contributed by atoms with Gasteiger partial charge in [-0.1, -0.05) is 48.4 Å². The molecule has 2 aromatic carbocycles. The predicted molar refractivity (Wildman–Crippen MR) is 103 cm³/mol. The molecule has 130 valence electrons. The van der Waals surface area contributed by atoms with Crippen molar-refractivity contribution in [3.63, 3.8) is 0 Å². The molecule has 0 atom stereocenters. The Labute approximate surface area is 148 Å². The molecule has 0 aliphatic heterocycles. The van der Waals surface area contributed by atoms with Gasteiger partial charge in [0, 0.05) is 24.5 Å². The van der Waals surface area contributed by atoms with Gasteiger partial charge in [-0.15, -0.1) is 0 Å². The van der Waals surface area contributed by atoms with Crippen molar-refractivity contribution in [2.75, 3.05) is 6.54 Å². The first kappa shape index (κ1) is 17.4. The van der Waals surface area contributed by atoms with Crippen LogP contribution in [0.3, 0.4) is 0 Å². The average Bonchev–Trinajstić information content (AvgIpc) is 2.58. The van der Waals surface area contributed by atoms with E-state index >= 15 is 0 Å². The molecule has 1 aromatic heterocycles. The molecule has 0 amide bonds. The van der Waals surface area contributed by atoms with Crippen molar-refractivity contribution < 1.29 is 4.42 Å². The lowest BCUT2D eigenvalue weighted by Gasteiger charge is -2.22. The zero-order valence-electron chi connectivity index (χ0n) is 15.2. The van der Waals surface area contributed by atoms with Crippen LogP contribution in [-0.4, -0.2) is 11.4 Å². The minimum Gasteiger partial charge on any atom is -0.423 e. The number of hydrogen-bond donors (Lipinski definition) is 0. The zero-order valence-corrected chi connectivity index (χ0v) is 15.2. The summed E-state index contributed by atoms with van der Waals surface area (Å²) in [6, 6.07) is 16.3. The van der Waals surface area contributed by atoms with E-state index in [1.54, 1.807) is 6.07 Å². The van der Waals surface area contributed by atoms with E-state index in [9.17, 15) is 4.79 Å². The summed E-state index contributed by atoms with van der Waals surface area (Å²) in [5.41, 5.74) is 5.16. The highest BCUT2D eigenvalue weighted by Gasteiger charge is 2.11. The molecule has 0 saturated heterocycles.